The van der Waals surface area contributed by atoms with Crippen LogP contribution in [0.2, 0.25) is 0 Å². The average molecular weight is 232 g/mol. The van der Waals surface area contributed by atoms with Crippen molar-refractivity contribution in [3.63, 3.8) is 0 Å². The van der Waals surface area contributed by atoms with Gasteiger partial charge in [0.1, 0.15) is 0 Å². The van der Waals surface area contributed by atoms with Crippen LogP contribution in [0.15, 0.2) is 12.2 Å². The molecule has 0 aromatic carbocycles. The van der Waals surface area contributed by atoms with E-state index >= 15 is 0 Å². The molecule has 0 saturated heterocycles. The lowest BCUT2D eigenvalue weighted by atomic mass is 10.1. The Morgan fingerprint density at radius 3 is 1.41 bits per heavy atom. The Morgan fingerprint density at radius 2 is 0.882 bits per heavy atom. The molecule has 17 heavy (non-hydrogen) atoms. The van der Waals surface area contributed by atoms with Gasteiger partial charge in [-0.15, -0.1) is 11.8 Å². The fourth-order valence-corrected chi connectivity index (χ4v) is 2.25. The minimum atomic E-state index is 1.12. The second kappa shape index (κ2) is 11.8. The standard InChI is InChI=1S/C17H28/c1-2-4-6-8-10-12-14-16-17-15-13-11-9-7-5-3-1/h1-2H,3-15H2. The SMILES string of the molecule is C1#CCCCCCCCC=CCCCCCC1. The highest BCUT2D eigenvalue weighted by Gasteiger charge is 1.91. The summed E-state index contributed by atoms with van der Waals surface area (Å²) < 4.78 is 0. The van der Waals surface area contributed by atoms with Crippen molar-refractivity contribution in [3.8, 4) is 11.8 Å². The van der Waals surface area contributed by atoms with E-state index in [4.69, 9.17) is 0 Å². The molecule has 0 aromatic heterocycles. The monoisotopic (exact) mass is 232 g/mol. The molecule has 0 saturated carbocycles. The number of allylic oxidation sites excluding steroid dienone is 2. The maximum absolute atomic E-state index is 3.32. The van der Waals surface area contributed by atoms with Gasteiger partial charge in [0.25, 0.3) is 0 Å². The second-order valence-electron chi connectivity index (χ2n) is 5.08. The summed E-state index contributed by atoms with van der Waals surface area (Å²) in [5.41, 5.74) is 0. The molecule has 0 heterocycles. The van der Waals surface area contributed by atoms with Crippen LogP contribution in [0, 0.1) is 11.8 Å². The van der Waals surface area contributed by atoms with Gasteiger partial charge in [-0.05, 0) is 38.5 Å². The van der Waals surface area contributed by atoms with Crippen molar-refractivity contribution in [2.75, 3.05) is 0 Å². The summed E-state index contributed by atoms with van der Waals surface area (Å²) in [6.07, 6.45) is 21.9. The number of hydrogen-bond acceptors (Lipinski definition) is 0. The maximum atomic E-state index is 3.32. The predicted octanol–water partition coefficient (Wildman–Crippen LogP) is 5.63. The van der Waals surface area contributed by atoms with Crippen molar-refractivity contribution in [2.45, 2.75) is 83.5 Å². The summed E-state index contributed by atoms with van der Waals surface area (Å²) in [5.74, 6) is 6.63. The van der Waals surface area contributed by atoms with E-state index in [2.05, 4.69) is 24.0 Å². The molecule has 1 aliphatic carbocycles. The van der Waals surface area contributed by atoms with Gasteiger partial charge in [-0.1, -0.05) is 44.3 Å². The van der Waals surface area contributed by atoms with E-state index in [1.54, 1.807) is 0 Å². The van der Waals surface area contributed by atoms with E-state index in [0.29, 0.717) is 0 Å². The molecule has 0 bridgehead atoms. The third-order valence-electron chi connectivity index (χ3n) is 3.39. The van der Waals surface area contributed by atoms with Crippen LogP contribution in [0.1, 0.15) is 83.5 Å². The molecule has 0 radical (unpaired) electrons. The summed E-state index contributed by atoms with van der Waals surface area (Å²) in [7, 11) is 0. The molecule has 0 spiro atoms. The first kappa shape index (κ1) is 14.4. The maximum Gasteiger partial charge on any atom is 0.00886 e. The van der Waals surface area contributed by atoms with Gasteiger partial charge >= 0.3 is 0 Å². The fourth-order valence-electron chi connectivity index (χ4n) is 2.25. The van der Waals surface area contributed by atoms with Gasteiger partial charge in [-0.3, -0.25) is 0 Å². The second-order valence-corrected chi connectivity index (χ2v) is 5.08. The van der Waals surface area contributed by atoms with E-state index in [1.807, 2.05) is 0 Å². The molecular weight excluding hydrogens is 204 g/mol. The van der Waals surface area contributed by atoms with Gasteiger partial charge in [-0.25, -0.2) is 0 Å². The van der Waals surface area contributed by atoms with Crippen LogP contribution in [0.25, 0.3) is 0 Å². The Bertz CT molecular complexity index is 238. The minimum absolute atomic E-state index is 1.12. The lowest BCUT2D eigenvalue weighted by Crippen LogP contribution is -1.78. The molecule has 1 aliphatic rings. The fraction of sp³-hybridized carbons (Fsp3) is 0.765. The summed E-state index contributed by atoms with van der Waals surface area (Å²) in [6, 6.07) is 0. The van der Waals surface area contributed by atoms with Gasteiger partial charge in [0.2, 0.25) is 0 Å². The molecule has 0 N–H and O–H groups in total. The van der Waals surface area contributed by atoms with Crippen molar-refractivity contribution < 1.29 is 0 Å². The Morgan fingerprint density at radius 1 is 0.471 bits per heavy atom. The third-order valence-corrected chi connectivity index (χ3v) is 3.39. The largest absolute Gasteiger partial charge is 0.103 e. The highest BCUT2D eigenvalue weighted by molar-refractivity contribution is 4.98. The van der Waals surface area contributed by atoms with Crippen molar-refractivity contribution in [3.05, 3.63) is 12.2 Å². The minimum Gasteiger partial charge on any atom is -0.103 e. The zero-order valence-electron chi connectivity index (χ0n) is 11.3. The van der Waals surface area contributed by atoms with Crippen molar-refractivity contribution in [1.29, 1.82) is 0 Å². The van der Waals surface area contributed by atoms with Crippen LogP contribution < -0.4 is 0 Å². The summed E-state index contributed by atoms with van der Waals surface area (Å²) in [6.45, 7) is 0. The van der Waals surface area contributed by atoms with Crippen molar-refractivity contribution in [1.82, 2.24) is 0 Å². The van der Waals surface area contributed by atoms with Gasteiger partial charge in [0.05, 0.1) is 0 Å². The zero-order valence-corrected chi connectivity index (χ0v) is 11.3. The Balaban J connectivity index is 2.16. The summed E-state index contributed by atoms with van der Waals surface area (Å²) >= 11 is 0. The molecular formula is C17H28. The van der Waals surface area contributed by atoms with Crippen molar-refractivity contribution in [2.24, 2.45) is 0 Å². The van der Waals surface area contributed by atoms with E-state index in [0.717, 1.165) is 12.8 Å². The summed E-state index contributed by atoms with van der Waals surface area (Å²) in [5, 5.41) is 0. The van der Waals surface area contributed by atoms with Gasteiger partial charge < -0.3 is 0 Å². The molecule has 0 aliphatic heterocycles. The smallest absolute Gasteiger partial charge is 0.00886 e. The quantitative estimate of drug-likeness (QED) is 0.375. The van der Waals surface area contributed by atoms with Crippen LogP contribution in [0.5, 0.6) is 0 Å². The predicted molar refractivity (Wildman–Crippen MR) is 76.9 cm³/mol. The van der Waals surface area contributed by atoms with Gasteiger partial charge in [0.15, 0.2) is 0 Å². The first-order chi connectivity index (χ1) is 8.50. The molecule has 0 unspecified atom stereocenters. The Labute approximate surface area is 108 Å². The van der Waals surface area contributed by atoms with Gasteiger partial charge in [0, 0.05) is 12.8 Å². The van der Waals surface area contributed by atoms with Crippen LogP contribution in [-0.4, -0.2) is 0 Å². The highest BCUT2D eigenvalue weighted by atomic mass is 14.0. The molecule has 96 valence electrons. The zero-order chi connectivity index (χ0) is 12.0. The van der Waals surface area contributed by atoms with Crippen LogP contribution >= 0.6 is 0 Å². The molecule has 1 rings (SSSR count). The molecule has 0 atom stereocenters. The van der Waals surface area contributed by atoms with E-state index in [9.17, 15) is 0 Å². The van der Waals surface area contributed by atoms with E-state index in [-0.39, 0.29) is 0 Å². The summed E-state index contributed by atoms with van der Waals surface area (Å²) in [4.78, 5) is 0. The molecule has 0 fully saturated rings. The normalized spacial score (nSPS) is 21.2. The lowest BCUT2D eigenvalue weighted by molar-refractivity contribution is 0.624. The van der Waals surface area contributed by atoms with Crippen LogP contribution in [0.3, 0.4) is 0 Å². The van der Waals surface area contributed by atoms with Crippen molar-refractivity contribution >= 4 is 0 Å². The average Bonchev–Trinajstić information content (AvgIpc) is 2.35. The van der Waals surface area contributed by atoms with E-state index in [1.165, 1.54) is 70.6 Å². The first-order valence-electron chi connectivity index (χ1n) is 7.61. The molecule has 0 heteroatoms. The topological polar surface area (TPSA) is 0 Å². The van der Waals surface area contributed by atoms with E-state index < -0.39 is 0 Å². The van der Waals surface area contributed by atoms with Gasteiger partial charge in [-0.2, -0.15) is 0 Å². The Hall–Kier alpha value is -0.700. The number of rotatable bonds is 0. The Kier molecular flexibility index (Phi) is 9.95. The highest BCUT2D eigenvalue weighted by Crippen LogP contribution is 2.09. The molecule has 0 aromatic rings. The van der Waals surface area contributed by atoms with Crippen LogP contribution in [-0.2, 0) is 0 Å². The van der Waals surface area contributed by atoms with Crippen LogP contribution in [0.4, 0.5) is 0 Å². The molecule has 0 amide bonds. The number of hydrogen-bond donors (Lipinski definition) is 0. The lowest BCUT2D eigenvalue weighted by Gasteiger charge is -1.97. The molecule has 0 nitrogen and oxygen atoms in total. The third kappa shape index (κ3) is 10.2. The first-order valence-corrected chi connectivity index (χ1v) is 7.61.